The summed E-state index contributed by atoms with van der Waals surface area (Å²) < 4.78 is 2.11. The Morgan fingerprint density at radius 1 is 1.54 bits per heavy atom. The van der Waals surface area contributed by atoms with Gasteiger partial charge in [-0.25, -0.2) is 0 Å². The predicted octanol–water partition coefficient (Wildman–Crippen LogP) is 0.854. The van der Waals surface area contributed by atoms with Crippen LogP contribution in [0.3, 0.4) is 0 Å². The van der Waals surface area contributed by atoms with Gasteiger partial charge in [-0.1, -0.05) is 6.92 Å². The van der Waals surface area contributed by atoms with Crippen LogP contribution in [0.15, 0.2) is 5.38 Å². The van der Waals surface area contributed by atoms with Crippen LogP contribution in [0.25, 0.3) is 4.96 Å². The summed E-state index contributed by atoms with van der Waals surface area (Å²) in [7, 11) is 0. The minimum atomic E-state index is 0.674. The Morgan fingerprint density at radius 3 is 3.08 bits per heavy atom. The van der Waals surface area contributed by atoms with Gasteiger partial charge in [-0.05, 0) is 6.54 Å². The summed E-state index contributed by atoms with van der Waals surface area (Å²) in [6, 6.07) is 0. The smallest absolute Gasteiger partial charge is 0.216 e. The second kappa shape index (κ2) is 3.43. The fourth-order valence-corrected chi connectivity index (χ4v) is 2.27. The highest BCUT2D eigenvalue weighted by molar-refractivity contribution is 7.15. The number of aryl methyl sites for hydroxylation is 1. The number of aromatic nitrogens is 3. The molecule has 4 nitrogen and oxygen atoms in total. The SMILES string of the molecule is CCc1nnc2scc(CCN)n12. The fourth-order valence-electron chi connectivity index (χ4n) is 1.39. The minimum Gasteiger partial charge on any atom is -0.330 e. The molecule has 0 atom stereocenters. The quantitative estimate of drug-likeness (QED) is 0.792. The molecule has 2 rings (SSSR count). The summed E-state index contributed by atoms with van der Waals surface area (Å²) in [5.41, 5.74) is 6.75. The van der Waals surface area contributed by atoms with Gasteiger partial charge in [-0.2, -0.15) is 0 Å². The maximum absolute atomic E-state index is 5.52. The van der Waals surface area contributed by atoms with Crippen LogP contribution >= 0.6 is 11.3 Å². The summed E-state index contributed by atoms with van der Waals surface area (Å²) >= 11 is 1.62. The van der Waals surface area contributed by atoms with Gasteiger partial charge in [0.05, 0.1) is 0 Å². The van der Waals surface area contributed by atoms with Gasteiger partial charge in [0, 0.05) is 23.9 Å². The first-order valence-electron chi connectivity index (χ1n) is 4.37. The Balaban J connectivity index is 2.54. The molecule has 2 N–H and O–H groups in total. The lowest BCUT2D eigenvalue weighted by atomic mass is 10.3. The number of nitrogens with two attached hydrogens (primary N) is 1. The zero-order valence-electron chi connectivity index (χ0n) is 7.53. The third-order valence-electron chi connectivity index (χ3n) is 2.00. The monoisotopic (exact) mass is 196 g/mol. The third kappa shape index (κ3) is 1.34. The van der Waals surface area contributed by atoms with E-state index in [9.17, 15) is 0 Å². The van der Waals surface area contributed by atoms with Gasteiger partial charge < -0.3 is 5.73 Å². The molecule has 70 valence electrons. The molecule has 0 fully saturated rings. The first-order valence-corrected chi connectivity index (χ1v) is 5.25. The Labute approximate surface area is 80.4 Å². The number of rotatable bonds is 3. The van der Waals surface area contributed by atoms with E-state index in [2.05, 4.69) is 26.9 Å². The zero-order chi connectivity index (χ0) is 9.26. The number of fused-ring (bicyclic) bond motifs is 1. The molecule has 0 unspecified atom stereocenters. The minimum absolute atomic E-state index is 0.674. The first-order chi connectivity index (χ1) is 6.36. The summed E-state index contributed by atoms with van der Waals surface area (Å²) in [5.74, 6) is 1.03. The van der Waals surface area contributed by atoms with Gasteiger partial charge in [-0.15, -0.1) is 21.5 Å². The summed E-state index contributed by atoms with van der Waals surface area (Å²) in [6.45, 7) is 2.76. The molecule has 0 bridgehead atoms. The molecule has 0 aliphatic heterocycles. The van der Waals surface area contributed by atoms with Crippen LogP contribution in [0.4, 0.5) is 0 Å². The maximum atomic E-state index is 5.52. The van der Waals surface area contributed by atoms with E-state index >= 15 is 0 Å². The first kappa shape index (κ1) is 8.65. The highest BCUT2D eigenvalue weighted by Crippen LogP contribution is 2.16. The van der Waals surface area contributed by atoms with Gasteiger partial charge in [0.25, 0.3) is 0 Å². The van der Waals surface area contributed by atoms with Crippen LogP contribution < -0.4 is 5.73 Å². The molecule has 13 heavy (non-hydrogen) atoms. The van der Waals surface area contributed by atoms with Gasteiger partial charge in [0.1, 0.15) is 5.82 Å². The molecule has 2 heterocycles. The molecule has 2 aromatic rings. The van der Waals surface area contributed by atoms with Crippen molar-refractivity contribution in [2.75, 3.05) is 6.54 Å². The van der Waals surface area contributed by atoms with Crippen molar-refractivity contribution in [3.63, 3.8) is 0 Å². The highest BCUT2D eigenvalue weighted by atomic mass is 32.1. The average Bonchev–Trinajstić information content (AvgIpc) is 2.68. The van der Waals surface area contributed by atoms with Crippen LogP contribution in [0, 0.1) is 0 Å². The molecular weight excluding hydrogens is 184 g/mol. The van der Waals surface area contributed by atoms with E-state index in [4.69, 9.17) is 5.73 Å². The van der Waals surface area contributed by atoms with Gasteiger partial charge in [0.15, 0.2) is 0 Å². The molecule has 2 aromatic heterocycles. The van der Waals surface area contributed by atoms with Gasteiger partial charge >= 0.3 is 0 Å². The van der Waals surface area contributed by atoms with Crippen molar-refractivity contribution >= 4 is 16.3 Å². The molecule has 0 saturated heterocycles. The molecule has 5 heteroatoms. The molecule has 0 aromatic carbocycles. The van der Waals surface area contributed by atoms with Crippen molar-refractivity contribution in [3.05, 3.63) is 16.9 Å². The zero-order valence-corrected chi connectivity index (χ0v) is 8.34. The number of thiazole rings is 1. The van der Waals surface area contributed by atoms with Crippen molar-refractivity contribution in [3.8, 4) is 0 Å². The van der Waals surface area contributed by atoms with Crippen molar-refractivity contribution < 1.29 is 0 Å². The van der Waals surface area contributed by atoms with Gasteiger partial charge in [-0.3, -0.25) is 4.40 Å². The third-order valence-corrected chi connectivity index (χ3v) is 2.87. The van der Waals surface area contributed by atoms with E-state index in [0.717, 1.165) is 23.6 Å². The van der Waals surface area contributed by atoms with Crippen LogP contribution in [-0.2, 0) is 12.8 Å². The lowest BCUT2D eigenvalue weighted by molar-refractivity contribution is 0.847. The second-order valence-electron chi connectivity index (χ2n) is 2.85. The van der Waals surface area contributed by atoms with Gasteiger partial charge in [0.2, 0.25) is 4.96 Å². The topological polar surface area (TPSA) is 56.2 Å². The van der Waals surface area contributed by atoms with E-state index in [0.29, 0.717) is 6.54 Å². The van der Waals surface area contributed by atoms with Crippen LogP contribution in [0.5, 0.6) is 0 Å². The molecule has 0 aliphatic rings. The van der Waals surface area contributed by atoms with Crippen molar-refractivity contribution in [2.24, 2.45) is 5.73 Å². The standard InChI is InChI=1S/C8H12N4S/c1-2-7-10-11-8-12(7)6(3-4-9)5-13-8/h5H,2-4,9H2,1H3. The average molecular weight is 196 g/mol. The van der Waals surface area contributed by atoms with Crippen LogP contribution in [-0.4, -0.2) is 21.1 Å². The lowest BCUT2D eigenvalue weighted by Crippen LogP contribution is -2.06. The van der Waals surface area contributed by atoms with Crippen molar-refractivity contribution in [2.45, 2.75) is 19.8 Å². The molecule has 0 saturated carbocycles. The van der Waals surface area contributed by atoms with Crippen LogP contribution in [0.2, 0.25) is 0 Å². The van der Waals surface area contributed by atoms with Crippen molar-refractivity contribution in [1.82, 2.24) is 14.6 Å². The second-order valence-corrected chi connectivity index (χ2v) is 3.69. The van der Waals surface area contributed by atoms with E-state index in [1.165, 1.54) is 5.69 Å². The summed E-state index contributed by atoms with van der Waals surface area (Å²) in [4.78, 5) is 0.973. The Hall–Kier alpha value is -0.940. The highest BCUT2D eigenvalue weighted by Gasteiger charge is 2.08. The van der Waals surface area contributed by atoms with E-state index in [-0.39, 0.29) is 0 Å². The van der Waals surface area contributed by atoms with E-state index < -0.39 is 0 Å². The largest absolute Gasteiger partial charge is 0.330 e. The Kier molecular flexibility index (Phi) is 2.28. The lowest BCUT2D eigenvalue weighted by Gasteiger charge is -1.97. The molecular formula is C8H12N4S. The number of hydrogen-bond acceptors (Lipinski definition) is 4. The summed E-state index contributed by atoms with van der Waals surface area (Å²) in [6.07, 6.45) is 1.81. The van der Waals surface area contributed by atoms with E-state index in [1.807, 2.05) is 0 Å². The predicted molar refractivity (Wildman–Crippen MR) is 53.0 cm³/mol. The molecule has 0 aliphatic carbocycles. The Bertz CT molecular complexity index is 403. The maximum Gasteiger partial charge on any atom is 0.216 e. The van der Waals surface area contributed by atoms with Crippen molar-refractivity contribution in [1.29, 1.82) is 0 Å². The molecule has 0 radical (unpaired) electrons. The number of nitrogens with zero attached hydrogens (tertiary/aromatic N) is 3. The molecule has 0 amide bonds. The van der Waals surface area contributed by atoms with E-state index in [1.54, 1.807) is 11.3 Å². The summed E-state index contributed by atoms with van der Waals surface area (Å²) in [5, 5.41) is 10.3. The Morgan fingerprint density at radius 2 is 2.38 bits per heavy atom. The molecule has 0 spiro atoms. The number of hydrogen-bond donors (Lipinski definition) is 1. The fraction of sp³-hybridized carbons (Fsp3) is 0.500. The normalized spacial score (nSPS) is 11.2. The van der Waals surface area contributed by atoms with Crippen LogP contribution in [0.1, 0.15) is 18.4 Å².